The van der Waals surface area contributed by atoms with E-state index in [2.05, 4.69) is 11.1 Å². The Hall–Kier alpha value is -1.63. The monoisotopic (exact) mass is 193 g/mol. The molecule has 0 amide bonds. The standard InChI is InChI=1S/C10H12FN3/c1-2-14(8-4-7-12)10-6-3-5-9(11)13-10/h3,5-6H,2,4,8H2,1H3. The Labute approximate surface area is 82.8 Å². The molecule has 0 fully saturated rings. The van der Waals surface area contributed by atoms with Crippen molar-refractivity contribution in [3.63, 3.8) is 0 Å². The van der Waals surface area contributed by atoms with E-state index in [4.69, 9.17) is 5.26 Å². The number of halogens is 1. The van der Waals surface area contributed by atoms with Crippen molar-refractivity contribution >= 4 is 5.82 Å². The lowest BCUT2D eigenvalue weighted by Gasteiger charge is -2.20. The van der Waals surface area contributed by atoms with Gasteiger partial charge >= 0.3 is 0 Å². The van der Waals surface area contributed by atoms with Crippen LogP contribution >= 0.6 is 0 Å². The summed E-state index contributed by atoms with van der Waals surface area (Å²) in [6, 6.07) is 6.72. The summed E-state index contributed by atoms with van der Waals surface area (Å²) in [5, 5.41) is 8.44. The highest BCUT2D eigenvalue weighted by molar-refractivity contribution is 5.37. The summed E-state index contributed by atoms with van der Waals surface area (Å²) in [7, 11) is 0. The maximum absolute atomic E-state index is 12.8. The molecule has 74 valence electrons. The SMILES string of the molecule is CCN(CCC#N)c1cccc(F)n1. The summed E-state index contributed by atoms with van der Waals surface area (Å²) in [6.45, 7) is 3.26. The van der Waals surface area contributed by atoms with Crippen molar-refractivity contribution in [1.82, 2.24) is 4.98 Å². The molecule has 1 aromatic heterocycles. The first-order valence-corrected chi connectivity index (χ1v) is 4.52. The Morgan fingerprint density at radius 1 is 1.57 bits per heavy atom. The molecule has 3 nitrogen and oxygen atoms in total. The third-order valence-corrected chi connectivity index (χ3v) is 1.90. The zero-order valence-corrected chi connectivity index (χ0v) is 8.07. The summed E-state index contributed by atoms with van der Waals surface area (Å²) in [5.41, 5.74) is 0. The molecule has 1 heterocycles. The largest absolute Gasteiger partial charge is 0.356 e. The minimum Gasteiger partial charge on any atom is -0.356 e. The molecule has 1 rings (SSSR count). The van der Waals surface area contributed by atoms with Gasteiger partial charge in [0.2, 0.25) is 5.95 Å². The zero-order chi connectivity index (χ0) is 10.4. The summed E-state index contributed by atoms with van der Waals surface area (Å²) in [5.74, 6) is 0.0978. The van der Waals surface area contributed by atoms with E-state index in [1.165, 1.54) is 6.07 Å². The molecule has 0 radical (unpaired) electrons. The minimum atomic E-state index is -0.488. The van der Waals surface area contributed by atoms with Crippen LogP contribution in [0.15, 0.2) is 18.2 Å². The molecule has 4 heteroatoms. The lowest BCUT2D eigenvalue weighted by atomic mass is 10.3. The van der Waals surface area contributed by atoms with Gasteiger partial charge in [-0.05, 0) is 19.1 Å². The van der Waals surface area contributed by atoms with E-state index < -0.39 is 5.95 Å². The number of nitrogens with zero attached hydrogens (tertiary/aromatic N) is 3. The van der Waals surface area contributed by atoms with Crippen LogP contribution in [0.1, 0.15) is 13.3 Å². The number of hydrogen-bond acceptors (Lipinski definition) is 3. The van der Waals surface area contributed by atoms with Crippen LogP contribution in [0.4, 0.5) is 10.2 Å². The number of hydrogen-bond donors (Lipinski definition) is 0. The van der Waals surface area contributed by atoms with Gasteiger partial charge in [0, 0.05) is 13.1 Å². The fraction of sp³-hybridized carbons (Fsp3) is 0.400. The third-order valence-electron chi connectivity index (χ3n) is 1.90. The van der Waals surface area contributed by atoms with Crippen LogP contribution in [0.25, 0.3) is 0 Å². The van der Waals surface area contributed by atoms with Crippen LogP contribution < -0.4 is 4.90 Å². The van der Waals surface area contributed by atoms with Crippen molar-refractivity contribution in [2.45, 2.75) is 13.3 Å². The molecule has 0 aliphatic heterocycles. The molecule has 0 N–H and O–H groups in total. The van der Waals surface area contributed by atoms with Crippen molar-refractivity contribution in [1.29, 1.82) is 5.26 Å². The van der Waals surface area contributed by atoms with E-state index in [1.807, 2.05) is 11.8 Å². The van der Waals surface area contributed by atoms with Crippen LogP contribution in [-0.4, -0.2) is 18.1 Å². The number of nitriles is 1. The Kier molecular flexibility index (Phi) is 3.86. The van der Waals surface area contributed by atoms with Crippen molar-refractivity contribution < 1.29 is 4.39 Å². The lowest BCUT2D eigenvalue weighted by molar-refractivity contribution is 0.581. The molecule has 0 atom stereocenters. The molecular formula is C10H12FN3. The number of rotatable bonds is 4. The molecule has 0 saturated carbocycles. The first-order chi connectivity index (χ1) is 6.77. The molecule has 0 aliphatic rings. The molecular weight excluding hydrogens is 181 g/mol. The maximum atomic E-state index is 12.8. The minimum absolute atomic E-state index is 0.423. The van der Waals surface area contributed by atoms with E-state index in [0.29, 0.717) is 18.8 Å². The van der Waals surface area contributed by atoms with Crippen molar-refractivity contribution in [3.8, 4) is 6.07 Å². The molecule has 1 aromatic rings. The smallest absolute Gasteiger partial charge is 0.214 e. The first kappa shape index (κ1) is 10.5. The van der Waals surface area contributed by atoms with Crippen molar-refractivity contribution in [3.05, 3.63) is 24.1 Å². The summed E-state index contributed by atoms with van der Waals surface area (Å²) < 4.78 is 12.8. The van der Waals surface area contributed by atoms with Gasteiger partial charge in [0.25, 0.3) is 0 Å². The molecule has 0 bridgehead atoms. The second-order valence-corrected chi connectivity index (χ2v) is 2.81. The third kappa shape index (κ3) is 2.70. The van der Waals surface area contributed by atoms with Gasteiger partial charge in [0.05, 0.1) is 12.5 Å². The number of aromatic nitrogens is 1. The van der Waals surface area contributed by atoms with Crippen molar-refractivity contribution in [2.75, 3.05) is 18.0 Å². The summed E-state index contributed by atoms with van der Waals surface area (Å²) in [6.07, 6.45) is 0.423. The first-order valence-electron chi connectivity index (χ1n) is 4.52. The lowest BCUT2D eigenvalue weighted by Crippen LogP contribution is -2.24. The number of pyridine rings is 1. The predicted molar refractivity (Wildman–Crippen MR) is 52.3 cm³/mol. The van der Waals surface area contributed by atoms with Gasteiger partial charge < -0.3 is 4.90 Å². The van der Waals surface area contributed by atoms with Gasteiger partial charge in [-0.1, -0.05) is 6.07 Å². The summed E-state index contributed by atoms with van der Waals surface area (Å²) >= 11 is 0. The highest BCUT2D eigenvalue weighted by Gasteiger charge is 2.05. The highest BCUT2D eigenvalue weighted by Crippen LogP contribution is 2.10. The predicted octanol–water partition coefficient (Wildman–Crippen LogP) is 1.96. The molecule has 0 spiro atoms. The van der Waals surface area contributed by atoms with Crippen LogP contribution in [0.5, 0.6) is 0 Å². The maximum Gasteiger partial charge on any atom is 0.214 e. The molecule has 0 aliphatic carbocycles. The Morgan fingerprint density at radius 2 is 2.36 bits per heavy atom. The molecule has 0 aromatic carbocycles. The fourth-order valence-electron chi connectivity index (χ4n) is 1.19. The Balaban J connectivity index is 2.74. The van der Waals surface area contributed by atoms with Crippen LogP contribution in [-0.2, 0) is 0 Å². The van der Waals surface area contributed by atoms with E-state index in [9.17, 15) is 4.39 Å². The van der Waals surface area contributed by atoms with Crippen molar-refractivity contribution in [2.24, 2.45) is 0 Å². The van der Waals surface area contributed by atoms with Crippen LogP contribution in [0, 0.1) is 17.3 Å². The Bertz CT molecular complexity index is 332. The Morgan fingerprint density at radius 3 is 2.93 bits per heavy atom. The van der Waals surface area contributed by atoms with Gasteiger partial charge in [-0.15, -0.1) is 0 Å². The average Bonchev–Trinajstić information content (AvgIpc) is 2.19. The molecule has 0 saturated heterocycles. The van der Waals surface area contributed by atoms with E-state index in [1.54, 1.807) is 12.1 Å². The fourth-order valence-corrected chi connectivity index (χ4v) is 1.19. The van der Waals surface area contributed by atoms with Gasteiger partial charge in [-0.3, -0.25) is 0 Å². The number of anilines is 1. The highest BCUT2D eigenvalue weighted by atomic mass is 19.1. The van der Waals surface area contributed by atoms with Gasteiger partial charge in [-0.25, -0.2) is 4.98 Å². The van der Waals surface area contributed by atoms with Gasteiger partial charge in [-0.2, -0.15) is 9.65 Å². The van der Waals surface area contributed by atoms with Crippen LogP contribution in [0.2, 0.25) is 0 Å². The average molecular weight is 193 g/mol. The van der Waals surface area contributed by atoms with Gasteiger partial charge in [0.1, 0.15) is 5.82 Å². The van der Waals surface area contributed by atoms with E-state index in [-0.39, 0.29) is 0 Å². The quantitative estimate of drug-likeness (QED) is 0.686. The normalized spacial score (nSPS) is 9.50. The second-order valence-electron chi connectivity index (χ2n) is 2.81. The summed E-state index contributed by atoms with van der Waals surface area (Å²) in [4.78, 5) is 5.61. The topological polar surface area (TPSA) is 39.9 Å². The van der Waals surface area contributed by atoms with Crippen LogP contribution in [0.3, 0.4) is 0 Å². The zero-order valence-electron chi connectivity index (χ0n) is 8.07. The van der Waals surface area contributed by atoms with Gasteiger partial charge in [0.15, 0.2) is 0 Å². The van der Waals surface area contributed by atoms with E-state index >= 15 is 0 Å². The van der Waals surface area contributed by atoms with E-state index in [0.717, 1.165) is 6.54 Å². The molecule has 14 heavy (non-hydrogen) atoms. The second kappa shape index (κ2) is 5.18. The molecule has 0 unspecified atom stereocenters.